The highest BCUT2D eigenvalue weighted by Gasteiger charge is 2.23. The zero-order valence-corrected chi connectivity index (χ0v) is 13.8. The van der Waals surface area contributed by atoms with Crippen molar-refractivity contribution >= 4 is 8.56 Å². The van der Waals surface area contributed by atoms with Crippen molar-refractivity contribution in [2.24, 2.45) is 0 Å². The van der Waals surface area contributed by atoms with Crippen LogP contribution >= 0.6 is 0 Å². The fourth-order valence-corrected chi connectivity index (χ4v) is 2.31. The van der Waals surface area contributed by atoms with Crippen LogP contribution in [-0.4, -0.2) is 45.2 Å². The summed E-state index contributed by atoms with van der Waals surface area (Å²) < 4.78 is 11.0. The molecule has 0 saturated carbocycles. The lowest BCUT2D eigenvalue weighted by molar-refractivity contribution is 0.193. The van der Waals surface area contributed by atoms with E-state index in [1.165, 1.54) is 0 Å². The summed E-state index contributed by atoms with van der Waals surface area (Å²) >= 11 is 0. The van der Waals surface area contributed by atoms with E-state index >= 15 is 0 Å². The molecule has 5 heteroatoms. The molecule has 0 aliphatic carbocycles. The quantitative estimate of drug-likeness (QED) is 0.619. The molecule has 0 unspecified atom stereocenters. The molecule has 0 bridgehead atoms. The zero-order chi connectivity index (χ0) is 15.0. The summed E-state index contributed by atoms with van der Waals surface area (Å²) in [5, 5.41) is 16.3. The van der Waals surface area contributed by atoms with Crippen LogP contribution in [0.5, 0.6) is 0 Å². The van der Waals surface area contributed by atoms with E-state index in [2.05, 4.69) is 25.2 Å². The third-order valence-electron chi connectivity index (χ3n) is 2.00. The van der Waals surface area contributed by atoms with Crippen molar-refractivity contribution in [3.8, 4) is 0 Å². The summed E-state index contributed by atoms with van der Waals surface area (Å²) in [5.41, 5.74) is 0. The summed E-state index contributed by atoms with van der Waals surface area (Å²) in [7, 11) is -1.72. The first-order chi connectivity index (χ1) is 9.12. The van der Waals surface area contributed by atoms with Gasteiger partial charge in [0.05, 0.1) is 13.2 Å². The van der Waals surface area contributed by atoms with Crippen molar-refractivity contribution in [1.29, 1.82) is 0 Å². The minimum atomic E-state index is -1.72. The SMILES string of the molecule is CC.C[Si]1(C)OC/C=C\CCO1.OC/C=C\CCO. The molecule has 0 radical (unpaired) electrons. The van der Waals surface area contributed by atoms with Crippen molar-refractivity contribution < 1.29 is 19.1 Å². The number of hydrogen-bond donors (Lipinski definition) is 2. The molecular weight excluding hydrogens is 260 g/mol. The monoisotopic (exact) mass is 290 g/mol. The molecule has 1 rings (SSSR count). The highest BCUT2D eigenvalue weighted by Crippen LogP contribution is 2.08. The molecule has 0 fully saturated rings. The van der Waals surface area contributed by atoms with E-state index in [9.17, 15) is 0 Å². The fraction of sp³-hybridized carbons (Fsp3) is 0.714. The van der Waals surface area contributed by atoms with E-state index in [1.807, 2.05) is 13.8 Å². The Hall–Kier alpha value is -0.463. The van der Waals surface area contributed by atoms with Crippen LogP contribution in [0.25, 0.3) is 0 Å². The number of aliphatic hydroxyl groups is 2. The number of aliphatic hydroxyl groups excluding tert-OH is 2. The number of hydrogen-bond acceptors (Lipinski definition) is 4. The molecule has 0 atom stereocenters. The van der Waals surface area contributed by atoms with Crippen molar-refractivity contribution in [2.75, 3.05) is 26.4 Å². The minimum Gasteiger partial charge on any atom is -0.396 e. The van der Waals surface area contributed by atoms with E-state index in [0.717, 1.165) is 19.6 Å². The maximum atomic E-state index is 8.16. The van der Waals surface area contributed by atoms with E-state index < -0.39 is 8.56 Å². The lowest BCUT2D eigenvalue weighted by atomic mass is 10.4. The summed E-state index contributed by atoms with van der Waals surface area (Å²) in [6, 6.07) is 0. The smallest absolute Gasteiger partial charge is 0.331 e. The Morgan fingerprint density at radius 1 is 1.11 bits per heavy atom. The van der Waals surface area contributed by atoms with Gasteiger partial charge in [0.25, 0.3) is 0 Å². The second kappa shape index (κ2) is 15.6. The van der Waals surface area contributed by atoms with Crippen molar-refractivity contribution in [2.45, 2.75) is 39.8 Å². The van der Waals surface area contributed by atoms with Gasteiger partial charge < -0.3 is 19.1 Å². The van der Waals surface area contributed by atoms with Gasteiger partial charge in [0.2, 0.25) is 0 Å². The molecule has 2 N–H and O–H groups in total. The Bertz CT molecular complexity index is 227. The van der Waals surface area contributed by atoms with E-state index in [1.54, 1.807) is 12.2 Å². The molecule has 0 spiro atoms. The molecule has 0 amide bonds. The predicted molar refractivity (Wildman–Crippen MR) is 82.4 cm³/mol. The molecule has 0 aromatic rings. The van der Waals surface area contributed by atoms with Crippen LogP contribution in [0.1, 0.15) is 26.7 Å². The lowest BCUT2D eigenvalue weighted by Crippen LogP contribution is -2.35. The second-order valence-electron chi connectivity index (χ2n) is 3.99. The van der Waals surface area contributed by atoms with Crippen LogP contribution in [0, 0.1) is 0 Å². The highest BCUT2D eigenvalue weighted by atomic mass is 28.4. The Balaban J connectivity index is 0. The van der Waals surface area contributed by atoms with Gasteiger partial charge in [0.1, 0.15) is 0 Å². The van der Waals surface area contributed by atoms with E-state index in [0.29, 0.717) is 6.42 Å². The van der Waals surface area contributed by atoms with Crippen LogP contribution in [0.3, 0.4) is 0 Å². The lowest BCUT2D eigenvalue weighted by Gasteiger charge is -2.22. The van der Waals surface area contributed by atoms with Gasteiger partial charge in [-0.05, 0) is 25.9 Å². The van der Waals surface area contributed by atoms with Crippen molar-refractivity contribution in [1.82, 2.24) is 0 Å². The van der Waals surface area contributed by atoms with Crippen LogP contribution in [0.2, 0.25) is 13.1 Å². The molecule has 0 aromatic heterocycles. The van der Waals surface area contributed by atoms with Crippen LogP contribution < -0.4 is 0 Å². The Morgan fingerprint density at radius 3 is 2.37 bits per heavy atom. The number of rotatable bonds is 3. The molecule has 0 aromatic carbocycles. The first kappa shape index (κ1) is 20.8. The zero-order valence-electron chi connectivity index (χ0n) is 12.8. The maximum Gasteiger partial charge on any atom is 0.331 e. The Labute approximate surface area is 119 Å². The molecule has 1 aliphatic heterocycles. The topological polar surface area (TPSA) is 58.9 Å². The summed E-state index contributed by atoms with van der Waals surface area (Å²) in [5.74, 6) is 0. The van der Waals surface area contributed by atoms with Crippen molar-refractivity contribution in [3.63, 3.8) is 0 Å². The van der Waals surface area contributed by atoms with Crippen LogP contribution in [0.15, 0.2) is 24.3 Å². The van der Waals surface area contributed by atoms with Gasteiger partial charge in [0.15, 0.2) is 0 Å². The summed E-state index contributed by atoms with van der Waals surface area (Å²) in [6.07, 6.45) is 9.18. The average Bonchev–Trinajstić information content (AvgIpc) is 2.39. The maximum absolute atomic E-state index is 8.16. The van der Waals surface area contributed by atoms with Crippen LogP contribution in [-0.2, 0) is 8.85 Å². The fourth-order valence-electron chi connectivity index (χ4n) is 1.12. The van der Waals surface area contributed by atoms with Gasteiger partial charge in [0, 0.05) is 13.2 Å². The molecule has 19 heavy (non-hydrogen) atoms. The summed E-state index contributed by atoms with van der Waals surface area (Å²) in [6.45, 7) is 9.92. The van der Waals surface area contributed by atoms with Gasteiger partial charge in [-0.15, -0.1) is 0 Å². The molecule has 114 valence electrons. The van der Waals surface area contributed by atoms with Crippen molar-refractivity contribution in [3.05, 3.63) is 24.3 Å². The Morgan fingerprint density at radius 2 is 1.79 bits per heavy atom. The van der Waals surface area contributed by atoms with Crippen LogP contribution in [0.4, 0.5) is 0 Å². The van der Waals surface area contributed by atoms with Gasteiger partial charge in [-0.25, -0.2) is 0 Å². The average molecular weight is 290 g/mol. The van der Waals surface area contributed by atoms with Gasteiger partial charge >= 0.3 is 8.56 Å². The standard InChI is InChI=1S/C7H14O2Si.C5H10O2.C2H6/c1-10(2)8-6-4-3-5-7-9-10;6-4-2-1-3-5-7;1-2/h3-4H,5-7H2,1-2H3;1-2,6-7H,3-5H2;1-2H3/b4-3-;2-1-;. The third kappa shape index (κ3) is 17.5. The molecule has 0 saturated heterocycles. The highest BCUT2D eigenvalue weighted by molar-refractivity contribution is 6.64. The molecule has 1 heterocycles. The van der Waals surface area contributed by atoms with Gasteiger partial charge in [-0.1, -0.05) is 38.2 Å². The molecule has 4 nitrogen and oxygen atoms in total. The normalized spacial score (nSPS) is 19.3. The summed E-state index contributed by atoms with van der Waals surface area (Å²) in [4.78, 5) is 0. The molecule has 1 aliphatic rings. The van der Waals surface area contributed by atoms with Gasteiger partial charge in [-0.2, -0.15) is 0 Å². The second-order valence-corrected chi connectivity index (χ2v) is 7.36. The first-order valence-electron chi connectivity index (χ1n) is 6.92. The van der Waals surface area contributed by atoms with Gasteiger partial charge in [-0.3, -0.25) is 0 Å². The predicted octanol–water partition coefficient (Wildman–Crippen LogP) is 2.62. The minimum absolute atomic E-state index is 0.0694. The third-order valence-corrected chi connectivity index (χ3v) is 3.76. The van der Waals surface area contributed by atoms with E-state index in [-0.39, 0.29) is 13.2 Å². The Kier molecular flexibility index (Phi) is 17.1. The first-order valence-corrected chi connectivity index (χ1v) is 9.73. The molecular formula is C14H30O4Si. The largest absolute Gasteiger partial charge is 0.396 e. The van der Waals surface area contributed by atoms with E-state index in [4.69, 9.17) is 19.1 Å².